The van der Waals surface area contributed by atoms with E-state index in [4.69, 9.17) is 4.52 Å². The van der Waals surface area contributed by atoms with Crippen molar-refractivity contribution >= 4 is 10.0 Å². The highest BCUT2D eigenvalue weighted by atomic mass is 32.2. The largest absolute Gasteiger partial charge is 0.393 e. The minimum absolute atomic E-state index is 0.124. The first-order valence-corrected chi connectivity index (χ1v) is 8.05. The van der Waals surface area contributed by atoms with E-state index in [2.05, 4.69) is 5.16 Å². The number of sulfonamides is 1. The Morgan fingerprint density at radius 3 is 2.52 bits per heavy atom. The Morgan fingerprint density at radius 2 is 2.10 bits per heavy atom. The summed E-state index contributed by atoms with van der Waals surface area (Å²) in [5.74, 6) is -2.03. The summed E-state index contributed by atoms with van der Waals surface area (Å²) in [6.07, 6.45) is -4.65. The standard InChI is InChI=1S/C12H17F3N2O3S/c1-8-6-9(20-16-8)7-21(18,19)17-5-4-10(11(17,2)3)12(13,14)15/h6,10H,4-5,7H2,1-3H3. The Bertz CT molecular complexity index is 622. The minimum atomic E-state index is -4.42. The average molecular weight is 326 g/mol. The lowest BCUT2D eigenvalue weighted by atomic mass is 9.89. The maximum Gasteiger partial charge on any atom is 0.393 e. The van der Waals surface area contributed by atoms with Gasteiger partial charge in [-0.2, -0.15) is 17.5 Å². The molecule has 1 atom stereocenters. The second kappa shape index (κ2) is 4.98. The van der Waals surface area contributed by atoms with Crippen LogP contribution in [-0.4, -0.2) is 36.1 Å². The van der Waals surface area contributed by atoms with Crippen molar-refractivity contribution in [1.82, 2.24) is 9.46 Å². The number of nitrogens with zero attached hydrogens (tertiary/aromatic N) is 2. The van der Waals surface area contributed by atoms with E-state index in [0.29, 0.717) is 5.69 Å². The molecule has 5 nitrogen and oxygen atoms in total. The van der Waals surface area contributed by atoms with Crippen LogP contribution in [0.4, 0.5) is 13.2 Å². The van der Waals surface area contributed by atoms with E-state index >= 15 is 0 Å². The van der Waals surface area contributed by atoms with Crippen LogP contribution < -0.4 is 0 Å². The van der Waals surface area contributed by atoms with Gasteiger partial charge in [-0.15, -0.1) is 0 Å². The van der Waals surface area contributed by atoms with Crippen molar-refractivity contribution in [2.24, 2.45) is 5.92 Å². The van der Waals surface area contributed by atoms with Crippen LogP contribution in [0.3, 0.4) is 0 Å². The predicted molar refractivity (Wildman–Crippen MR) is 68.8 cm³/mol. The number of halogens is 3. The molecule has 0 saturated carbocycles. The van der Waals surface area contributed by atoms with Gasteiger partial charge in [0.05, 0.1) is 11.6 Å². The summed E-state index contributed by atoms with van der Waals surface area (Å²) in [5.41, 5.74) is -0.986. The fourth-order valence-electron chi connectivity index (χ4n) is 2.87. The van der Waals surface area contributed by atoms with E-state index < -0.39 is 33.4 Å². The van der Waals surface area contributed by atoms with E-state index in [9.17, 15) is 21.6 Å². The number of aryl methyl sites for hydroxylation is 1. The molecule has 0 radical (unpaired) electrons. The van der Waals surface area contributed by atoms with Crippen LogP contribution in [0.5, 0.6) is 0 Å². The van der Waals surface area contributed by atoms with Crippen molar-refractivity contribution < 1.29 is 26.1 Å². The Hall–Kier alpha value is -1.09. The molecule has 2 heterocycles. The maximum atomic E-state index is 13.0. The van der Waals surface area contributed by atoms with E-state index in [1.54, 1.807) is 6.92 Å². The van der Waals surface area contributed by atoms with Crippen LogP contribution in [0.15, 0.2) is 10.6 Å². The molecule has 1 aromatic heterocycles. The summed E-state index contributed by atoms with van der Waals surface area (Å²) >= 11 is 0. The lowest BCUT2D eigenvalue weighted by Gasteiger charge is -2.35. The fourth-order valence-corrected chi connectivity index (χ4v) is 4.74. The van der Waals surface area contributed by atoms with Gasteiger partial charge in [-0.25, -0.2) is 8.42 Å². The summed E-state index contributed by atoms with van der Waals surface area (Å²) in [4.78, 5) is 0. The molecule has 1 aromatic rings. The zero-order valence-electron chi connectivity index (χ0n) is 11.9. The van der Waals surface area contributed by atoms with Crippen molar-refractivity contribution in [3.63, 3.8) is 0 Å². The molecule has 0 amide bonds. The number of hydrogen-bond donors (Lipinski definition) is 0. The van der Waals surface area contributed by atoms with Crippen molar-refractivity contribution in [3.8, 4) is 0 Å². The molecule has 1 unspecified atom stereocenters. The Balaban J connectivity index is 2.25. The Morgan fingerprint density at radius 1 is 1.48 bits per heavy atom. The van der Waals surface area contributed by atoms with Gasteiger partial charge in [0.1, 0.15) is 5.75 Å². The van der Waals surface area contributed by atoms with Gasteiger partial charge in [-0.05, 0) is 27.2 Å². The smallest absolute Gasteiger partial charge is 0.360 e. The normalized spacial score (nSPS) is 23.6. The third-order valence-electron chi connectivity index (χ3n) is 3.85. The topological polar surface area (TPSA) is 63.4 Å². The molecule has 120 valence electrons. The summed E-state index contributed by atoms with van der Waals surface area (Å²) in [5, 5.41) is 3.58. The molecule has 0 N–H and O–H groups in total. The third-order valence-corrected chi connectivity index (χ3v) is 5.82. The van der Waals surface area contributed by atoms with Crippen molar-refractivity contribution in [2.75, 3.05) is 6.54 Å². The van der Waals surface area contributed by atoms with E-state index in [1.165, 1.54) is 19.9 Å². The highest BCUT2D eigenvalue weighted by molar-refractivity contribution is 7.88. The van der Waals surface area contributed by atoms with Gasteiger partial charge in [-0.1, -0.05) is 5.16 Å². The second-order valence-corrected chi connectivity index (χ2v) is 7.69. The zero-order valence-corrected chi connectivity index (χ0v) is 12.8. The zero-order chi connectivity index (χ0) is 16.1. The summed E-state index contributed by atoms with van der Waals surface area (Å²) < 4.78 is 69.5. The van der Waals surface area contributed by atoms with Gasteiger partial charge in [-0.3, -0.25) is 0 Å². The van der Waals surface area contributed by atoms with Crippen LogP contribution in [-0.2, 0) is 15.8 Å². The van der Waals surface area contributed by atoms with Gasteiger partial charge in [0, 0.05) is 18.2 Å². The average Bonchev–Trinajstić information content (AvgIpc) is 2.80. The Kier molecular flexibility index (Phi) is 3.86. The van der Waals surface area contributed by atoms with E-state index in [-0.39, 0.29) is 18.7 Å². The quantitative estimate of drug-likeness (QED) is 0.856. The minimum Gasteiger partial charge on any atom is -0.360 e. The first-order chi connectivity index (χ1) is 9.44. The molecule has 9 heteroatoms. The Labute approximate surface area is 121 Å². The molecule has 0 aromatic carbocycles. The number of hydrogen-bond acceptors (Lipinski definition) is 4. The lowest BCUT2D eigenvalue weighted by Crippen LogP contribution is -2.49. The van der Waals surface area contributed by atoms with Gasteiger partial charge in [0.25, 0.3) is 0 Å². The highest BCUT2D eigenvalue weighted by Crippen LogP contribution is 2.46. The van der Waals surface area contributed by atoms with Gasteiger partial charge >= 0.3 is 6.18 Å². The lowest BCUT2D eigenvalue weighted by molar-refractivity contribution is -0.188. The number of alkyl halides is 3. The number of rotatable bonds is 3. The molecule has 0 aliphatic carbocycles. The van der Waals surface area contributed by atoms with Crippen molar-refractivity contribution in [2.45, 2.75) is 44.7 Å². The SMILES string of the molecule is Cc1cc(CS(=O)(=O)N2CCC(C(F)(F)F)C2(C)C)on1. The first-order valence-electron chi connectivity index (χ1n) is 6.44. The van der Waals surface area contributed by atoms with Gasteiger partial charge in [0.2, 0.25) is 10.0 Å². The molecule has 2 rings (SSSR count). The molecule has 1 aliphatic heterocycles. The highest BCUT2D eigenvalue weighted by Gasteiger charge is 2.57. The molecule has 1 fully saturated rings. The monoisotopic (exact) mass is 326 g/mol. The molecule has 0 spiro atoms. The molecule has 1 saturated heterocycles. The van der Waals surface area contributed by atoms with E-state index in [0.717, 1.165) is 4.31 Å². The maximum absolute atomic E-state index is 13.0. The predicted octanol–water partition coefficient (Wildman–Crippen LogP) is 2.48. The van der Waals surface area contributed by atoms with E-state index in [1.807, 2.05) is 0 Å². The van der Waals surface area contributed by atoms with Crippen LogP contribution in [0, 0.1) is 12.8 Å². The summed E-state index contributed by atoms with van der Waals surface area (Å²) in [6.45, 7) is 4.11. The van der Waals surface area contributed by atoms with Crippen LogP contribution in [0.25, 0.3) is 0 Å². The molecule has 1 aliphatic rings. The summed E-state index contributed by atoms with van der Waals surface area (Å²) in [6, 6.07) is 1.46. The van der Waals surface area contributed by atoms with Crippen LogP contribution >= 0.6 is 0 Å². The van der Waals surface area contributed by atoms with Gasteiger partial charge < -0.3 is 4.52 Å². The van der Waals surface area contributed by atoms with Crippen LogP contribution in [0.2, 0.25) is 0 Å². The fraction of sp³-hybridized carbons (Fsp3) is 0.750. The molecule has 0 bridgehead atoms. The molecular weight excluding hydrogens is 309 g/mol. The molecule has 21 heavy (non-hydrogen) atoms. The van der Waals surface area contributed by atoms with Crippen molar-refractivity contribution in [1.29, 1.82) is 0 Å². The summed E-state index contributed by atoms with van der Waals surface area (Å²) in [7, 11) is -3.90. The second-order valence-electron chi connectivity index (χ2n) is 5.80. The van der Waals surface area contributed by atoms with Gasteiger partial charge in [0.15, 0.2) is 5.76 Å². The number of aromatic nitrogens is 1. The molecular formula is C12H17F3N2O3S. The van der Waals surface area contributed by atoms with Crippen molar-refractivity contribution in [3.05, 3.63) is 17.5 Å². The first kappa shape index (κ1) is 16.3. The van der Waals surface area contributed by atoms with Crippen LogP contribution in [0.1, 0.15) is 31.7 Å². The third kappa shape index (κ3) is 3.08.